The molecule has 0 amide bonds. The summed E-state index contributed by atoms with van der Waals surface area (Å²) in [6, 6.07) is 8.56. The van der Waals surface area contributed by atoms with E-state index in [4.69, 9.17) is 23.4 Å². The van der Waals surface area contributed by atoms with Crippen LogP contribution in [0.1, 0.15) is 0 Å². The molecule has 11 heteroatoms. The number of methoxy groups -OCH3 is 2. The van der Waals surface area contributed by atoms with Gasteiger partial charge in [0.05, 0.1) is 20.8 Å². The van der Waals surface area contributed by atoms with Gasteiger partial charge >= 0.3 is 0 Å². The Bertz CT molecular complexity index is 1160. The summed E-state index contributed by atoms with van der Waals surface area (Å²) in [6.45, 7) is -0.627. The number of aliphatic hydroxyl groups excluding tert-OH is 4. The Hall–Kier alpha value is -3.35. The summed E-state index contributed by atoms with van der Waals surface area (Å²) < 4.78 is 27.7. The van der Waals surface area contributed by atoms with E-state index in [1.807, 2.05) is 0 Å². The van der Waals surface area contributed by atoms with Crippen LogP contribution in [0.4, 0.5) is 0 Å². The van der Waals surface area contributed by atoms with Gasteiger partial charge in [-0.05, 0) is 30.3 Å². The van der Waals surface area contributed by atoms with Crippen molar-refractivity contribution in [3.8, 4) is 45.6 Å². The number of hydrogen-bond acceptors (Lipinski definition) is 11. The van der Waals surface area contributed by atoms with E-state index in [-0.39, 0.29) is 39.9 Å². The average molecular weight is 476 g/mol. The van der Waals surface area contributed by atoms with Crippen LogP contribution in [0.2, 0.25) is 0 Å². The van der Waals surface area contributed by atoms with E-state index >= 15 is 0 Å². The fourth-order valence-corrected chi connectivity index (χ4v) is 3.69. The van der Waals surface area contributed by atoms with Crippen LogP contribution in [0.15, 0.2) is 45.6 Å². The van der Waals surface area contributed by atoms with Gasteiger partial charge in [0.1, 0.15) is 30.2 Å². The molecule has 0 saturated carbocycles. The van der Waals surface area contributed by atoms with Crippen molar-refractivity contribution < 1.29 is 48.9 Å². The molecule has 0 spiro atoms. The highest BCUT2D eigenvalue weighted by Gasteiger charge is 2.45. The largest absolute Gasteiger partial charge is 0.502 e. The molecular weight excluding hydrogens is 452 g/mol. The second kappa shape index (κ2) is 9.49. The van der Waals surface area contributed by atoms with Gasteiger partial charge in [0.25, 0.3) is 0 Å². The van der Waals surface area contributed by atoms with Crippen molar-refractivity contribution in [2.45, 2.75) is 30.7 Å². The van der Waals surface area contributed by atoms with Crippen LogP contribution in [-0.4, -0.2) is 77.1 Å². The van der Waals surface area contributed by atoms with Crippen LogP contribution in [0.5, 0.6) is 23.0 Å². The molecule has 1 aliphatic carbocycles. The number of phenols is 1. The average Bonchev–Trinajstić information content (AvgIpc) is 2.84. The predicted molar refractivity (Wildman–Crippen MR) is 116 cm³/mol. The number of aromatic hydroxyl groups is 1. The summed E-state index contributed by atoms with van der Waals surface area (Å²) >= 11 is 0. The third-order valence-electron chi connectivity index (χ3n) is 5.54. The zero-order valence-electron chi connectivity index (χ0n) is 18.2. The van der Waals surface area contributed by atoms with Crippen molar-refractivity contribution in [3.63, 3.8) is 0 Å². The van der Waals surface area contributed by atoms with Gasteiger partial charge in [-0.2, -0.15) is 0 Å². The first-order valence-electron chi connectivity index (χ1n) is 10.3. The fraction of sp³-hybridized carbons (Fsp3) is 0.348. The lowest BCUT2D eigenvalue weighted by Crippen LogP contribution is -2.60. The first-order valence-corrected chi connectivity index (χ1v) is 10.3. The molecule has 3 aliphatic rings. The maximum atomic E-state index is 11.9. The van der Waals surface area contributed by atoms with Crippen LogP contribution in [-0.2, 0) is 4.74 Å². The van der Waals surface area contributed by atoms with Gasteiger partial charge in [0.2, 0.25) is 12.0 Å². The number of benzene rings is 2. The second-order valence-corrected chi connectivity index (χ2v) is 7.68. The third kappa shape index (κ3) is 4.27. The second-order valence-electron chi connectivity index (χ2n) is 7.68. The predicted octanol–water partition coefficient (Wildman–Crippen LogP) is 0.313. The first kappa shape index (κ1) is 23.8. The molecule has 1 fully saturated rings. The van der Waals surface area contributed by atoms with Gasteiger partial charge < -0.3 is 48.9 Å². The molecule has 4 rings (SSSR count). The maximum absolute atomic E-state index is 11.9. The Morgan fingerprint density at radius 2 is 1.53 bits per heavy atom. The molecule has 2 heterocycles. The maximum Gasteiger partial charge on any atom is 0.229 e. The smallest absolute Gasteiger partial charge is 0.229 e. The molecule has 34 heavy (non-hydrogen) atoms. The van der Waals surface area contributed by atoms with E-state index in [1.165, 1.54) is 50.6 Å². The highest BCUT2D eigenvalue weighted by molar-refractivity contribution is 5.75. The Balaban J connectivity index is 1.86. The van der Waals surface area contributed by atoms with E-state index in [0.717, 1.165) is 0 Å². The molecule has 0 radical (unpaired) electrons. The Labute approximate surface area is 193 Å². The molecule has 5 atom stereocenters. The lowest BCUT2D eigenvalue weighted by molar-refractivity contribution is -0.277. The van der Waals surface area contributed by atoms with Gasteiger partial charge in [-0.25, -0.2) is 0 Å². The summed E-state index contributed by atoms with van der Waals surface area (Å²) in [5.41, 5.74) is 0.524. The fourth-order valence-electron chi connectivity index (χ4n) is 3.69. The van der Waals surface area contributed by atoms with E-state index in [0.29, 0.717) is 11.1 Å². The zero-order chi connectivity index (χ0) is 24.6. The van der Waals surface area contributed by atoms with Crippen LogP contribution >= 0.6 is 0 Å². The lowest BCUT2D eigenvalue weighted by atomic mass is 9.99. The molecule has 11 nitrogen and oxygen atoms in total. The minimum absolute atomic E-state index is 0.0327. The minimum atomic E-state index is -1.66. The Morgan fingerprint density at radius 3 is 2.15 bits per heavy atom. The van der Waals surface area contributed by atoms with Crippen LogP contribution in [0, 0.1) is 0 Å². The summed E-state index contributed by atoms with van der Waals surface area (Å²) in [5.74, 6) is 0.224. The molecule has 5 N–H and O–H groups in total. The van der Waals surface area contributed by atoms with Gasteiger partial charge in [0, 0.05) is 17.2 Å². The zero-order valence-corrected chi connectivity index (χ0v) is 18.2. The number of aliphatic hydroxyl groups is 4. The summed E-state index contributed by atoms with van der Waals surface area (Å²) in [5, 5.41) is 50.3. The highest BCUT2D eigenvalue weighted by atomic mass is 16.7. The molecule has 1 aromatic rings. The quantitative estimate of drug-likeness (QED) is 0.332. The normalized spacial score (nSPS) is 24.7. The molecular formula is C23H24O11. The van der Waals surface area contributed by atoms with Gasteiger partial charge in [-0.1, -0.05) is 0 Å². The van der Waals surface area contributed by atoms with Gasteiger partial charge in [0.15, 0.2) is 28.4 Å². The van der Waals surface area contributed by atoms with E-state index in [2.05, 4.69) is 0 Å². The van der Waals surface area contributed by atoms with Crippen molar-refractivity contribution in [1.82, 2.24) is 0 Å². The molecule has 1 saturated heterocycles. The van der Waals surface area contributed by atoms with Crippen LogP contribution < -0.4 is 19.6 Å². The third-order valence-corrected chi connectivity index (χ3v) is 5.54. The highest BCUT2D eigenvalue weighted by Crippen LogP contribution is 2.44. The van der Waals surface area contributed by atoms with Crippen molar-refractivity contribution >= 4 is 0 Å². The number of fused-ring (bicyclic) bond motifs is 1. The summed E-state index contributed by atoms with van der Waals surface area (Å²) in [4.78, 5) is 11.9. The topological polar surface area (TPSA) is 168 Å². The Kier molecular flexibility index (Phi) is 6.64. The van der Waals surface area contributed by atoms with Crippen molar-refractivity contribution in [1.29, 1.82) is 0 Å². The van der Waals surface area contributed by atoms with Crippen molar-refractivity contribution in [3.05, 3.63) is 46.6 Å². The SMILES string of the molecule is COc1cc(-c2oc3cc(=O)ccc-3cc2O[C@@H]2O[C@H](CO)[C@@H](O)[C@H](O)[C@H]2O)cc(OC)c1O. The number of hydrogen-bond donors (Lipinski definition) is 5. The molecule has 0 aromatic heterocycles. The van der Waals surface area contributed by atoms with Crippen LogP contribution in [0.25, 0.3) is 22.6 Å². The minimum Gasteiger partial charge on any atom is -0.502 e. The lowest BCUT2D eigenvalue weighted by Gasteiger charge is -2.39. The van der Waals surface area contributed by atoms with E-state index in [9.17, 15) is 30.3 Å². The monoisotopic (exact) mass is 476 g/mol. The first-order chi connectivity index (χ1) is 16.3. The van der Waals surface area contributed by atoms with Gasteiger partial charge in [-0.15, -0.1) is 0 Å². The van der Waals surface area contributed by atoms with Crippen molar-refractivity contribution in [2.75, 3.05) is 20.8 Å². The number of phenolic OH excluding ortho intramolecular Hbond substituents is 1. The van der Waals surface area contributed by atoms with Crippen molar-refractivity contribution in [2.24, 2.45) is 0 Å². The van der Waals surface area contributed by atoms with E-state index in [1.54, 1.807) is 0 Å². The molecule has 0 unspecified atom stereocenters. The summed E-state index contributed by atoms with van der Waals surface area (Å²) in [7, 11) is 2.70. The molecule has 2 aliphatic heterocycles. The molecule has 1 aromatic carbocycles. The molecule has 0 bridgehead atoms. The Morgan fingerprint density at radius 1 is 0.882 bits per heavy atom. The molecule has 182 valence electrons. The van der Waals surface area contributed by atoms with Gasteiger partial charge in [-0.3, -0.25) is 4.79 Å². The van der Waals surface area contributed by atoms with Crippen LogP contribution in [0.3, 0.4) is 0 Å². The standard InChI is InChI=1S/C23H24O11/c1-30-14-6-11(7-15(31-2)18(14)26)22-16(5-10-3-4-12(25)8-13(10)32-22)33-23-21(29)20(28)19(27)17(9-24)34-23/h3-8,17,19-21,23-24,26-29H,9H2,1-2H3/t17-,19-,20+,21-,23-/m1/s1. The number of rotatable bonds is 6. The number of ether oxygens (including phenoxy) is 4. The summed E-state index contributed by atoms with van der Waals surface area (Å²) in [6.07, 6.45) is -7.52. The van der Waals surface area contributed by atoms with E-state index < -0.39 is 37.3 Å².